The number of aromatic nitrogens is 4. The highest BCUT2D eigenvalue weighted by atomic mass is 15.2. The second-order valence-corrected chi connectivity index (χ2v) is 3.65. The fourth-order valence-corrected chi connectivity index (χ4v) is 1.68. The molecule has 3 aromatic rings. The summed E-state index contributed by atoms with van der Waals surface area (Å²) in [5, 5.41) is 7.44. The topological polar surface area (TPSA) is 55.1 Å². The van der Waals surface area contributed by atoms with E-state index >= 15 is 0 Å². The molecular weight excluding hydrogens is 214 g/mol. The van der Waals surface area contributed by atoms with Crippen LogP contribution in [0.3, 0.4) is 0 Å². The van der Waals surface area contributed by atoms with Gasteiger partial charge in [0.05, 0.1) is 6.20 Å². The fourth-order valence-electron chi connectivity index (χ4n) is 1.68. The summed E-state index contributed by atoms with van der Waals surface area (Å²) in [5.41, 5.74) is 2.09. The maximum absolute atomic E-state index is 4.30. The molecule has 0 aliphatic rings. The van der Waals surface area contributed by atoms with Gasteiger partial charge in [-0.05, 0) is 17.7 Å². The summed E-state index contributed by atoms with van der Waals surface area (Å²) in [6.45, 7) is 0.700. The smallest absolute Gasteiger partial charge is 0.152 e. The van der Waals surface area contributed by atoms with Gasteiger partial charge in [-0.25, -0.2) is 9.50 Å². The van der Waals surface area contributed by atoms with Gasteiger partial charge in [-0.15, -0.1) is 0 Å². The first-order valence-electron chi connectivity index (χ1n) is 5.34. The lowest BCUT2D eigenvalue weighted by atomic mass is 10.3. The Morgan fingerprint density at radius 1 is 1.18 bits per heavy atom. The summed E-state index contributed by atoms with van der Waals surface area (Å²) in [4.78, 5) is 8.37. The number of fused-ring (bicyclic) bond motifs is 1. The number of nitrogens with one attached hydrogen (secondary N) is 1. The van der Waals surface area contributed by atoms with Crippen molar-refractivity contribution < 1.29 is 0 Å². The molecule has 0 fully saturated rings. The summed E-state index contributed by atoms with van der Waals surface area (Å²) in [6, 6.07) is 5.87. The maximum Gasteiger partial charge on any atom is 0.152 e. The molecule has 84 valence electrons. The van der Waals surface area contributed by atoms with Crippen LogP contribution in [0.2, 0.25) is 0 Å². The van der Waals surface area contributed by atoms with E-state index in [1.165, 1.54) is 0 Å². The predicted molar refractivity (Wildman–Crippen MR) is 64.6 cm³/mol. The lowest BCUT2D eigenvalue weighted by Gasteiger charge is -2.06. The second kappa shape index (κ2) is 4.21. The number of pyridine rings is 1. The third kappa shape index (κ3) is 1.94. The molecule has 0 spiro atoms. The van der Waals surface area contributed by atoms with Crippen LogP contribution in [0, 0.1) is 0 Å². The first-order chi connectivity index (χ1) is 8.43. The molecule has 0 saturated heterocycles. The van der Waals surface area contributed by atoms with Crippen LogP contribution < -0.4 is 5.32 Å². The van der Waals surface area contributed by atoms with E-state index in [1.807, 2.05) is 30.6 Å². The first-order valence-corrected chi connectivity index (χ1v) is 5.34. The van der Waals surface area contributed by atoms with Gasteiger partial charge in [-0.1, -0.05) is 6.07 Å². The first kappa shape index (κ1) is 9.77. The Bertz CT molecular complexity index is 617. The third-order valence-corrected chi connectivity index (χ3v) is 2.51. The van der Waals surface area contributed by atoms with E-state index in [0.717, 1.165) is 16.9 Å². The minimum Gasteiger partial charge on any atom is -0.364 e. The van der Waals surface area contributed by atoms with Crippen LogP contribution in [0.25, 0.3) is 5.52 Å². The van der Waals surface area contributed by atoms with Crippen molar-refractivity contribution in [1.82, 2.24) is 19.6 Å². The van der Waals surface area contributed by atoms with Gasteiger partial charge in [-0.3, -0.25) is 4.98 Å². The molecule has 17 heavy (non-hydrogen) atoms. The minimum absolute atomic E-state index is 0.700. The average molecular weight is 225 g/mol. The number of nitrogens with zero attached hydrogens (tertiary/aromatic N) is 4. The zero-order valence-electron chi connectivity index (χ0n) is 9.11. The van der Waals surface area contributed by atoms with Crippen LogP contribution in [-0.2, 0) is 6.54 Å². The van der Waals surface area contributed by atoms with Crippen molar-refractivity contribution in [2.24, 2.45) is 0 Å². The summed E-state index contributed by atoms with van der Waals surface area (Å²) >= 11 is 0. The number of hydrogen-bond donors (Lipinski definition) is 1. The maximum atomic E-state index is 4.30. The highest BCUT2D eigenvalue weighted by Gasteiger charge is 2.02. The number of anilines is 1. The van der Waals surface area contributed by atoms with E-state index in [4.69, 9.17) is 0 Å². The highest BCUT2D eigenvalue weighted by molar-refractivity contribution is 5.66. The monoisotopic (exact) mass is 225 g/mol. The van der Waals surface area contributed by atoms with Gasteiger partial charge in [0.25, 0.3) is 0 Å². The summed E-state index contributed by atoms with van der Waals surface area (Å²) in [7, 11) is 0. The molecule has 0 amide bonds. The van der Waals surface area contributed by atoms with Gasteiger partial charge in [0, 0.05) is 31.3 Å². The Hall–Kier alpha value is -2.43. The van der Waals surface area contributed by atoms with Crippen molar-refractivity contribution in [3.8, 4) is 0 Å². The highest BCUT2D eigenvalue weighted by Crippen LogP contribution is 2.13. The lowest BCUT2D eigenvalue weighted by molar-refractivity contribution is 0.941. The van der Waals surface area contributed by atoms with E-state index in [2.05, 4.69) is 20.4 Å². The molecular formula is C12H11N5. The van der Waals surface area contributed by atoms with Crippen LogP contribution in [0.5, 0.6) is 0 Å². The van der Waals surface area contributed by atoms with Crippen LogP contribution in [0.15, 0.2) is 49.2 Å². The molecule has 0 unspecified atom stereocenters. The van der Waals surface area contributed by atoms with E-state index in [1.54, 1.807) is 23.1 Å². The van der Waals surface area contributed by atoms with Crippen molar-refractivity contribution in [2.45, 2.75) is 6.54 Å². The third-order valence-electron chi connectivity index (χ3n) is 2.51. The quantitative estimate of drug-likeness (QED) is 0.737. The van der Waals surface area contributed by atoms with Crippen LogP contribution in [0.1, 0.15) is 5.56 Å². The van der Waals surface area contributed by atoms with Crippen LogP contribution in [0.4, 0.5) is 5.82 Å². The van der Waals surface area contributed by atoms with E-state index in [0.29, 0.717) is 6.54 Å². The Labute approximate surface area is 98.1 Å². The van der Waals surface area contributed by atoms with Gasteiger partial charge in [0.2, 0.25) is 0 Å². The van der Waals surface area contributed by atoms with Crippen molar-refractivity contribution >= 4 is 11.3 Å². The number of hydrogen-bond acceptors (Lipinski definition) is 4. The number of rotatable bonds is 3. The van der Waals surface area contributed by atoms with Gasteiger partial charge >= 0.3 is 0 Å². The van der Waals surface area contributed by atoms with Crippen molar-refractivity contribution in [2.75, 3.05) is 5.32 Å². The summed E-state index contributed by atoms with van der Waals surface area (Å²) in [5.74, 6) is 0.828. The average Bonchev–Trinajstić information content (AvgIpc) is 2.86. The molecule has 0 aromatic carbocycles. The lowest BCUT2D eigenvalue weighted by Crippen LogP contribution is -2.03. The van der Waals surface area contributed by atoms with Gasteiger partial charge < -0.3 is 5.32 Å². The summed E-state index contributed by atoms with van der Waals surface area (Å²) in [6.07, 6.45) is 8.91. The van der Waals surface area contributed by atoms with Crippen molar-refractivity contribution in [1.29, 1.82) is 0 Å². The van der Waals surface area contributed by atoms with E-state index < -0.39 is 0 Å². The van der Waals surface area contributed by atoms with Gasteiger partial charge in [-0.2, -0.15) is 5.10 Å². The van der Waals surface area contributed by atoms with Gasteiger partial charge in [0.1, 0.15) is 5.52 Å². The zero-order chi connectivity index (χ0) is 11.5. The van der Waals surface area contributed by atoms with Crippen LogP contribution in [-0.4, -0.2) is 19.6 Å². The second-order valence-electron chi connectivity index (χ2n) is 3.65. The molecule has 0 aliphatic heterocycles. The molecule has 3 aromatic heterocycles. The van der Waals surface area contributed by atoms with Gasteiger partial charge in [0.15, 0.2) is 5.82 Å². The molecule has 0 saturated carbocycles. The zero-order valence-corrected chi connectivity index (χ0v) is 9.11. The molecule has 1 N–H and O–H groups in total. The Morgan fingerprint density at radius 3 is 3.06 bits per heavy atom. The van der Waals surface area contributed by atoms with Crippen molar-refractivity contribution in [3.05, 3.63) is 54.7 Å². The Kier molecular flexibility index (Phi) is 2.42. The normalized spacial score (nSPS) is 10.6. The molecule has 0 bridgehead atoms. The fraction of sp³-hybridized carbons (Fsp3) is 0.0833. The molecule has 0 atom stereocenters. The molecule has 0 radical (unpaired) electrons. The molecule has 0 aliphatic carbocycles. The summed E-state index contributed by atoms with van der Waals surface area (Å²) < 4.78 is 1.79. The molecule has 3 rings (SSSR count). The minimum atomic E-state index is 0.700. The predicted octanol–water partition coefficient (Wildman–Crippen LogP) is 1.74. The largest absolute Gasteiger partial charge is 0.364 e. The Balaban J connectivity index is 1.84. The SMILES string of the molecule is c1cncc(CNc2nccn3nccc23)c1. The molecule has 3 heterocycles. The molecule has 5 nitrogen and oxygen atoms in total. The van der Waals surface area contributed by atoms with Crippen LogP contribution >= 0.6 is 0 Å². The molecule has 5 heteroatoms. The van der Waals surface area contributed by atoms with E-state index in [9.17, 15) is 0 Å². The van der Waals surface area contributed by atoms with Crippen molar-refractivity contribution in [3.63, 3.8) is 0 Å². The standard InChI is InChI=1S/C12H11N5/c1-2-10(8-13-4-1)9-15-12-11-3-5-16-17(11)7-6-14-12/h1-8H,9H2,(H,14,15). The Morgan fingerprint density at radius 2 is 2.18 bits per heavy atom. The van der Waals surface area contributed by atoms with E-state index in [-0.39, 0.29) is 0 Å².